The monoisotopic (exact) mass is 438 g/mol. The van der Waals surface area contributed by atoms with Gasteiger partial charge in [-0.3, -0.25) is 14.4 Å². The molecule has 0 radical (unpaired) electrons. The van der Waals surface area contributed by atoms with Crippen LogP contribution >= 0.6 is 11.6 Å². The fraction of sp³-hybridized carbons (Fsp3) is 0.211. The third kappa shape index (κ3) is 6.97. The van der Waals surface area contributed by atoms with Crippen molar-refractivity contribution in [3.63, 3.8) is 0 Å². The Bertz CT molecular complexity index is 1000. The highest BCUT2D eigenvalue weighted by molar-refractivity contribution is 7.89. The molecule has 0 fully saturated rings. The average Bonchev–Trinajstić information content (AvgIpc) is 2.66. The van der Waals surface area contributed by atoms with Gasteiger partial charge in [-0.2, -0.15) is 0 Å². The number of sulfonamides is 1. The summed E-state index contributed by atoms with van der Waals surface area (Å²) in [7, 11) is -3.83. The molecule has 0 aliphatic carbocycles. The molecular weight excluding hydrogens is 420 g/mol. The van der Waals surface area contributed by atoms with Crippen molar-refractivity contribution in [3.05, 3.63) is 59.1 Å². The van der Waals surface area contributed by atoms with E-state index in [1.807, 2.05) is 0 Å². The van der Waals surface area contributed by atoms with Gasteiger partial charge in [0, 0.05) is 22.7 Å². The maximum absolute atomic E-state index is 12.1. The second kappa shape index (κ2) is 9.64. The molecule has 0 heterocycles. The first kappa shape index (κ1) is 22.5. The topological polar surface area (TPSA) is 133 Å². The Labute approximate surface area is 173 Å². The molecule has 29 heavy (non-hydrogen) atoms. The van der Waals surface area contributed by atoms with Crippen molar-refractivity contribution < 1.29 is 27.5 Å². The molecule has 0 aliphatic heterocycles. The summed E-state index contributed by atoms with van der Waals surface area (Å²) in [5.74, 6) is -1.55. The van der Waals surface area contributed by atoms with E-state index in [0.717, 1.165) is 0 Å². The molecule has 2 aromatic carbocycles. The number of carbonyl (C=O) groups is 3. The number of hydrogen-bond donors (Lipinski definition) is 2. The Kier molecular flexibility index (Phi) is 7.49. The molecule has 1 amide bonds. The van der Waals surface area contributed by atoms with Crippen LogP contribution in [0.3, 0.4) is 0 Å². The summed E-state index contributed by atoms with van der Waals surface area (Å²) >= 11 is 5.76. The molecule has 0 aromatic heterocycles. The van der Waals surface area contributed by atoms with Crippen LogP contribution < -0.4 is 10.5 Å². The molecule has 1 atom stereocenters. The third-order valence-electron chi connectivity index (χ3n) is 3.85. The smallest absolute Gasteiger partial charge is 0.307 e. The van der Waals surface area contributed by atoms with Gasteiger partial charge in [0.05, 0.1) is 11.3 Å². The molecule has 2 rings (SSSR count). The Morgan fingerprint density at radius 2 is 1.62 bits per heavy atom. The molecule has 10 heteroatoms. The van der Waals surface area contributed by atoms with E-state index in [1.165, 1.54) is 31.2 Å². The van der Waals surface area contributed by atoms with Crippen LogP contribution in [0.25, 0.3) is 0 Å². The number of nitrogens with two attached hydrogens (primary N) is 1. The highest BCUT2D eigenvalue weighted by Crippen LogP contribution is 2.14. The predicted octanol–water partition coefficient (Wildman–Crippen LogP) is 2.52. The molecule has 154 valence electrons. The highest BCUT2D eigenvalue weighted by Gasteiger charge is 2.19. The first-order chi connectivity index (χ1) is 13.6. The summed E-state index contributed by atoms with van der Waals surface area (Å²) < 4.78 is 27.5. The van der Waals surface area contributed by atoms with Crippen molar-refractivity contribution in [1.82, 2.24) is 0 Å². The largest absolute Gasteiger partial charge is 0.453 e. The Morgan fingerprint density at radius 1 is 1.03 bits per heavy atom. The van der Waals surface area contributed by atoms with E-state index < -0.39 is 28.0 Å². The minimum Gasteiger partial charge on any atom is -0.453 e. The van der Waals surface area contributed by atoms with Crippen LogP contribution in [-0.2, 0) is 24.3 Å². The lowest BCUT2D eigenvalue weighted by molar-refractivity contribution is -0.153. The molecule has 3 N–H and O–H groups in total. The van der Waals surface area contributed by atoms with Gasteiger partial charge in [0.15, 0.2) is 11.9 Å². The lowest BCUT2D eigenvalue weighted by Crippen LogP contribution is -2.30. The zero-order valence-electron chi connectivity index (χ0n) is 15.4. The number of ketones is 1. The number of amides is 1. The van der Waals surface area contributed by atoms with Crippen molar-refractivity contribution in [2.45, 2.75) is 30.8 Å². The summed E-state index contributed by atoms with van der Waals surface area (Å²) in [6.07, 6.45) is -1.35. The van der Waals surface area contributed by atoms with Gasteiger partial charge >= 0.3 is 5.97 Å². The molecule has 0 aliphatic rings. The van der Waals surface area contributed by atoms with E-state index in [1.54, 1.807) is 24.3 Å². The predicted molar refractivity (Wildman–Crippen MR) is 107 cm³/mol. The maximum atomic E-state index is 12.1. The number of primary sulfonamides is 1. The van der Waals surface area contributed by atoms with Crippen LogP contribution in [0.15, 0.2) is 53.4 Å². The van der Waals surface area contributed by atoms with Gasteiger partial charge in [-0.15, -0.1) is 0 Å². The SMILES string of the molecule is CC(OC(=O)CCC(=O)c1ccc(Cl)cc1)C(=O)Nc1ccc(S(N)(=O)=O)cc1. The molecule has 0 saturated heterocycles. The van der Waals surface area contributed by atoms with E-state index in [-0.39, 0.29) is 23.5 Å². The normalized spacial score (nSPS) is 12.1. The molecular formula is C19H19ClN2O6S. The Hall–Kier alpha value is -2.75. The highest BCUT2D eigenvalue weighted by atomic mass is 35.5. The van der Waals surface area contributed by atoms with Gasteiger partial charge in [0.1, 0.15) is 0 Å². The van der Waals surface area contributed by atoms with Crippen molar-refractivity contribution in [2.75, 3.05) is 5.32 Å². The number of halogens is 1. The van der Waals surface area contributed by atoms with E-state index >= 15 is 0 Å². The molecule has 1 unspecified atom stereocenters. The van der Waals surface area contributed by atoms with Crippen LogP contribution in [0.4, 0.5) is 5.69 Å². The van der Waals surface area contributed by atoms with Gasteiger partial charge < -0.3 is 10.1 Å². The third-order valence-corrected chi connectivity index (χ3v) is 5.03. The van der Waals surface area contributed by atoms with Gasteiger partial charge in [-0.05, 0) is 55.5 Å². The summed E-state index contributed by atoms with van der Waals surface area (Å²) in [5.41, 5.74) is 0.735. The average molecular weight is 439 g/mol. The van der Waals surface area contributed by atoms with Crippen molar-refractivity contribution in [2.24, 2.45) is 5.14 Å². The number of benzene rings is 2. The standard InChI is InChI=1S/C19H19ClN2O6S/c1-12(19(25)22-15-6-8-16(9-7-15)29(21,26)27)28-18(24)11-10-17(23)13-2-4-14(20)5-3-13/h2-9,12H,10-11H2,1H3,(H,22,25)(H2,21,26,27). The van der Waals surface area contributed by atoms with Crippen LogP contribution in [0, 0.1) is 0 Å². The fourth-order valence-electron chi connectivity index (χ4n) is 2.28. The van der Waals surface area contributed by atoms with Gasteiger partial charge in [0.2, 0.25) is 10.0 Å². The molecule has 8 nitrogen and oxygen atoms in total. The number of nitrogens with one attached hydrogen (secondary N) is 1. The first-order valence-electron chi connectivity index (χ1n) is 8.48. The number of carbonyl (C=O) groups excluding carboxylic acids is 3. The zero-order chi connectivity index (χ0) is 21.6. The summed E-state index contributed by atoms with van der Waals surface area (Å²) in [5, 5.41) is 7.99. The number of rotatable bonds is 8. The minimum absolute atomic E-state index is 0.0656. The molecule has 0 saturated carbocycles. The number of Topliss-reactive ketones (excluding diaryl/α,β-unsaturated/α-hetero) is 1. The number of hydrogen-bond acceptors (Lipinski definition) is 6. The van der Waals surface area contributed by atoms with Gasteiger partial charge in [-0.1, -0.05) is 11.6 Å². The van der Waals surface area contributed by atoms with Crippen molar-refractivity contribution in [3.8, 4) is 0 Å². The molecule has 0 spiro atoms. The Balaban J connectivity index is 1.83. The van der Waals surface area contributed by atoms with Gasteiger partial charge in [0.25, 0.3) is 5.91 Å². The quantitative estimate of drug-likeness (QED) is 0.480. The van der Waals surface area contributed by atoms with Crippen LogP contribution in [0.1, 0.15) is 30.1 Å². The Morgan fingerprint density at radius 3 is 2.17 bits per heavy atom. The summed E-state index contributed by atoms with van der Waals surface area (Å²) in [6, 6.07) is 11.5. The number of esters is 1. The lowest BCUT2D eigenvalue weighted by Gasteiger charge is -2.13. The van der Waals surface area contributed by atoms with Crippen LogP contribution in [-0.4, -0.2) is 32.2 Å². The zero-order valence-corrected chi connectivity index (χ0v) is 17.0. The minimum atomic E-state index is -3.83. The van der Waals surface area contributed by atoms with E-state index in [0.29, 0.717) is 16.3 Å². The number of anilines is 1. The van der Waals surface area contributed by atoms with Crippen molar-refractivity contribution in [1.29, 1.82) is 0 Å². The second-order valence-electron chi connectivity index (χ2n) is 6.12. The second-order valence-corrected chi connectivity index (χ2v) is 8.12. The molecule has 0 bridgehead atoms. The number of ether oxygens (including phenoxy) is 1. The van der Waals surface area contributed by atoms with E-state index in [2.05, 4.69) is 5.32 Å². The fourth-order valence-corrected chi connectivity index (χ4v) is 2.92. The maximum Gasteiger partial charge on any atom is 0.307 e. The lowest BCUT2D eigenvalue weighted by atomic mass is 10.1. The van der Waals surface area contributed by atoms with Crippen molar-refractivity contribution >= 4 is 45.0 Å². The first-order valence-corrected chi connectivity index (χ1v) is 10.4. The van der Waals surface area contributed by atoms with E-state index in [4.69, 9.17) is 21.5 Å². The summed E-state index contributed by atoms with van der Waals surface area (Å²) in [6.45, 7) is 1.38. The summed E-state index contributed by atoms with van der Waals surface area (Å²) in [4.78, 5) is 36.0. The van der Waals surface area contributed by atoms with Gasteiger partial charge in [-0.25, -0.2) is 13.6 Å². The van der Waals surface area contributed by atoms with E-state index in [9.17, 15) is 22.8 Å². The molecule has 2 aromatic rings. The van der Waals surface area contributed by atoms with Crippen LogP contribution in [0.2, 0.25) is 5.02 Å². The van der Waals surface area contributed by atoms with Crippen LogP contribution in [0.5, 0.6) is 0 Å².